The van der Waals surface area contributed by atoms with E-state index in [1.54, 1.807) is 0 Å². The van der Waals surface area contributed by atoms with Crippen LogP contribution in [0, 0.1) is 0 Å². The van der Waals surface area contributed by atoms with Crippen LogP contribution in [-0.4, -0.2) is 37.2 Å². The zero-order valence-electron chi connectivity index (χ0n) is 55.0. The number of allylic oxidation sites excluding steroid dienone is 10. The van der Waals surface area contributed by atoms with Crippen molar-refractivity contribution in [1.82, 2.24) is 0 Å². The average Bonchev–Trinajstić information content (AvgIpc) is 3.48. The van der Waals surface area contributed by atoms with Crippen molar-refractivity contribution in [2.45, 2.75) is 393 Å². The summed E-state index contributed by atoms with van der Waals surface area (Å²) in [4.78, 5) is 38.5. The molecular formula is C76H138O6. The Balaban J connectivity index is 4.30. The molecule has 0 rings (SSSR count). The van der Waals surface area contributed by atoms with Gasteiger partial charge in [0.1, 0.15) is 13.2 Å². The quantitative estimate of drug-likeness (QED) is 0.0261. The van der Waals surface area contributed by atoms with Crippen LogP contribution in [0.2, 0.25) is 0 Å². The minimum Gasteiger partial charge on any atom is -0.462 e. The summed E-state index contributed by atoms with van der Waals surface area (Å²) in [6.07, 6.45) is 91.1. The molecule has 0 bridgehead atoms. The second kappa shape index (κ2) is 70.6. The van der Waals surface area contributed by atoms with Crippen LogP contribution in [-0.2, 0) is 28.6 Å². The molecule has 0 aromatic rings. The Labute approximate surface area is 510 Å². The smallest absolute Gasteiger partial charge is 0.306 e. The van der Waals surface area contributed by atoms with E-state index in [0.717, 1.165) is 96.3 Å². The van der Waals surface area contributed by atoms with Crippen LogP contribution in [0.3, 0.4) is 0 Å². The number of esters is 3. The van der Waals surface area contributed by atoms with Gasteiger partial charge in [-0.3, -0.25) is 14.4 Å². The molecule has 0 saturated heterocycles. The van der Waals surface area contributed by atoms with Gasteiger partial charge in [-0.05, 0) is 83.5 Å². The maximum Gasteiger partial charge on any atom is 0.306 e. The summed E-state index contributed by atoms with van der Waals surface area (Å²) in [6, 6.07) is 0. The van der Waals surface area contributed by atoms with Crippen LogP contribution >= 0.6 is 0 Å². The van der Waals surface area contributed by atoms with Crippen LogP contribution in [0.1, 0.15) is 387 Å². The molecule has 82 heavy (non-hydrogen) atoms. The van der Waals surface area contributed by atoms with Crippen LogP contribution in [0.5, 0.6) is 0 Å². The maximum atomic E-state index is 13.0. The van der Waals surface area contributed by atoms with E-state index in [-0.39, 0.29) is 31.1 Å². The summed E-state index contributed by atoms with van der Waals surface area (Å²) in [5.74, 6) is -0.867. The molecule has 478 valence electrons. The Morgan fingerprint density at radius 3 is 0.756 bits per heavy atom. The van der Waals surface area contributed by atoms with Crippen molar-refractivity contribution in [3.63, 3.8) is 0 Å². The molecule has 6 nitrogen and oxygen atoms in total. The highest BCUT2D eigenvalue weighted by Gasteiger charge is 2.19. The molecule has 0 aliphatic heterocycles. The van der Waals surface area contributed by atoms with E-state index in [4.69, 9.17) is 14.2 Å². The molecule has 0 aliphatic carbocycles. The first-order valence-electron chi connectivity index (χ1n) is 36.3. The fourth-order valence-corrected chi connectivity index (χ4v) is 10.8. The fraction of sp³-hybridized carbons (Fsp3) is 0.829. The Kier molecular flexibility index (Phi) is 68.1. The summed E-state index contributed by atoms with van der Waals surface area (Å²) >= 11 is 0. The highest BCUT2D eigenvalue weighted by atomic mass is 16.6. The lowest BCUT2D eigenvalue weighted by atomic mass is 10.0. The van der Waals surface area contributed by atoms with E-state index in [9.17, 15) is 14.4 Å². The molecule has 0 aromatic heterocycles. The molecule has 0 aliphatic rings. The van der Waals surface area contributed by atoms with Gasteiger partial charge in [0.2, 0.25) is 0 Å². The molecule has 6 heteroatoms. The summed E-state index contributed by atoms with van der Waals surface area (Å²) in [5.41, 5.74) is 0. The molecule has 1 atom stereocenters. The van der Waals surface area contributed by atoms with Crippen LogP contribution in [0.25, 0.3) is 0 Å². The number of hydrogen-bond acceptors (Lipinski definition) is 6. The highest BCUT2D eigenvalue weighted by Crippen LogP contribution is 2.18. The second-order valence-electron chi connectivity index (χ2n) is 24.5. The maximum absolute atomic E-state index is 13.0. The van der Waals surface area contributed by atoms with Gasteiger partial charge in [0, 0.05) is 19.3 Å². The normalized spacial score (nSPS) is 12.4. The third-order valence-corrected chi connectivity index (χ3v) is 16.3. The van der Waals surface area contributed by atoms with Gasteiger partial charge in [-0.15, -0.1) is 0 Å². The molecule has 0 spiro atoms. The lowest BCUT2D eigenvalue weighted by molar-refractivity contribution is -0.167. The van der Waals surface area contributed by atoms with Gasteiger partial charge in [-0.2, -0.15) is 0 Å². The van der Waals surface area contributed by atoms with E-state index in [1.165, 1.54) is 250 Å². The topological polar surface area (TPSA) is 78.9 Å². The Bertz CT molecular complexity index is 1460. The SMILES string of the molecule is CC/C=C\C/C=C\C/C=C\C/C=C\CCCCCCCCC(=O)OC(COC(=O)CCCCCCCCCCC/C=C\CCCCCCCC)COC(=O)CCCCCCCCCCCCCCCCCCCCCCCCCCCC. The monoisotopic (exact) mass is 1150 g/mol. The van der Waals surface area contributed by atoms with Gasteiger partial charge in [0.05, 0.1) is 0 Å². The van der Waals surface area contributed by atoms with Gasteiger partial charge in [0.25, 0.3) is 0 Å². The predicted octanol–water partition coefficient (Wildman–Crippen LogP) is 25.1. The van der Waals surface area contributed by atoms with E-state index in [1.807, 2.05) is 0 Å². The number of ether oxygens (including phenoxy) is 3. The molecule has 0 fully saturated rings. The largest absolute Gasteiger partial charge is 0.462 e. The van der Waals surface area contributed by atoms with Crippen molar-refractivity contribution >= 4 is 17.9 Å². The Morgan fingerprint density at radius 1 is 0.256 bits per heavy atom. The minimum atomic E-state index is -0.784. The molecule has 0 amide bonds. The van der Waals surface area contributed by atoms with E-state index in [2.05, 4.69) is 81.5 Å². The number of carbonyl (C=O) groups is 3. The predicted molar refractivity (Wildman–Crippen MR) is 358 cm³/mol. The van der Waals surface area contributed by atoms with Gasteiger partial charge in [0.15, 0.2) is 6.10 Å². The van der Waals surface area contributed by atoms with Crippen LogP contribution < -0.4 is 0 Å². The summed E-state index contributed by atoms with van der Waals surface area (Å²) < 4.78 is 17.0. The molecule has 1 unspecified atom stereocenters. The van der Waals surface area contributed by atoms with Gasteiger partial charge < -0.3 is 14.2 Å². The number of rotatable bonds is 67. The number of hydrogen-bond donors (Lipinski definition) is 0. The van der Waals surface area contributed by atoms with E-state index in [0.29, 0.717) is 19.3 Å². The molecule has 0 radical (unpaired) electrons. The third kappa shape index (κ3) is 67.9. The zero-order valence-corrected chi connectivity index (χ0v) is 55.0. The van der Waals surface area contributed by atoms with Crippen LogP contribution in [0.15, 0.2) is 60.8 Å². The van der Waals surface area contributed by atoms with E-state index >= 15 is 0 Å². The van der Waals surface area contributed by atoms with Crippen molar-refractivity contribution in [3.05, 3.63) is 60.8 Å². The van der Waals surface area contributed by atoms with E-state index < -0.39 is 6.10 Å². The van der Waals surface area contributed by atoms with Crippen molar-refractivity contribution < 1.29 is 28.6 Å². The lowest BCUT2D eigenvalue weighted by Crippen LogP contribution is -2.30. The van der Waals surface area contributed by atoms with Crippen molar-refractivity contribution in [2.24, 2.45) is 0 Å². The summed E-state index contributed by atoms with van der Waals surface area (Å²) in [7, 11) is 0. The molecule has 0 heterocycles. The van der Waals surface area contributed by atoms with Gasteiger partial charge in [-0.1, -0.05) is 345 Å². The molecule has 0 N–H and O–H groups in total. The summed E-state index contributed by atoms with van der Waals surface area (Å²) in [5, 5.41) is 0. The number of carbonyl (C=O) groups excluding carboxylic acids is 3. The zero-order chi connectivity index (χ0) is 59.2. The Hall–Kier alpha value is -2.89. The molecule has 0 saturated carbocycles. The third-order valence-electron chi connectivity index (χ3n) is 16.3. The first-order valence-corrected chi connectivity index (χ1v) is 36.3. The van der Waals surface area contributed by atoms with Crippen molar-refractivity contribution in [1.29, 1.82) is 0 Å². The highest BCUT2D eigenvalue weighted by molar-refractivity contribution is 5.71. The lowest BCUT2D eigenvalue weighted by Gasteiger charge is -2.18. The summed E-state index contributed by atoms with van der Waals surface area (Å²) in [6.45, 7) is 6.58. The molecule has 0 aromatic carbocycles. The first kappa shape index (κ1) is 79.1. The van der Waals surface area contributed by atoms with Crippen molar-refractivity contribution in [2.75, 3.05) is 13.2 Å². The molecular weight excluding hydrogens is 1010 g/mol. The Morgan fingerprint density at radius 2 is 0.476 bits per heavy atom. The van der Waals surface area contributed by atoms with Crippen molar-refractivity contribution in [3.8, 4) is 0 Å². The number of unbranched alkanes of at least 4 members (excludes halogenated alkanes) is 46. The second-order valence-corrected chi connectivity index (χ2v) is 24.5. The fourth-order valence-electron chi connectivity index (χ4n) is 10.8. The van der Waals surface area contributed by atoms with Crippen LogP contribution in [0.4, 0.5) is 0 Å². The van der Waals surface area contributed by atoms with Gasteiger partial charge >= 0.3 is 17.9 Å². The average molecular weight is 1150 g/mol. The first-order chi connectivity index (χ1) is 40.5. The standard InChI is InChI=1S/C76H138O6/c1-4-7-10-13-16-19-22-25-28-31-34-35-36-37-38-39-40-43-45-48-51-54-57-60-63-66-69-75(78)81-72-73(82-76(79)70-67-64-61-58-55-52-49-46-42-33-30-27-24-21-18-15-12-9-6-3)71-80-74(77)68-65-62-59-56-53-50-47-44-41-32-29-26-23-20-17-14-11-8-5-2/h9,12,18,21,26-27,29-30,42,46,73H,4-8,10-11,13-17,19-20,22-25,28,31-41,43-45,47-72H2,1-3H3/b12-9-,21-18-,29-26-,30-27-,46-42-. The van der Waals surface area contributed by atoms with Gasteiger partial charge in [-0.25, -0.2) is 0 Å². The minimum absolute atomic E-state index is 0.0768.